The summed E-state index contributed by atoms with van der Waals surface area (Å²) in [6.45, 7) is 5.73. The molecule has 2 saturated heterocycles. The Morgan fingerprint density at radius 2 is 2.03 bits per heavy atom. The number of rotatable bonds is 8. The summed E-state index contributed by atoms with van der Waals surface area (Å²) in [4.78, 5) is 47.8. The number of amides is 3. The summed E-state index contributed by atoms with van der Waals surface area (Å²) in [5.41, 5.74) is 1.82. The molecule has 3 amide bonds. The first kappa shape index (κ1) is 23.6. The van der Waals surface area contributed by atoms with Crippen LogP contribution in [-0.4, -0.2) is 86.0 Å². The molecule has 10 heteroatoms. The summed E-state index contributed by atoms with van der Waals surface area (Å²) in [5, 5.41) is 4.18. The summed E-state index contributed by atoms with van der Waals surface area (Å²) < 4.78 is 7.85. The summed E-state index contributed by atoms with van der Waals surface area (Å²) >= 11 is 0. The normalized spacial score (nSPS) is 21.1. The average molecular weight is 467 g/mol. The van der Waals surface area contributed by atoms with Gasteiger partial charge in [-0.05, 0) is 11.6 Å². The van der Waals surface area contributed by atoms with E-state index in [1.807, 2.05) is 25.4 Å². The predicted molar refractivity (Wildman–Crippen MR) is 123 cm³/mol. The summed E-state index contributed by atoms with van der Waals surface area (Å²) in [6, 6.07) is 3.76. The Hall–Kier alpha value is -3.53. The van der Waals surface area contributed by atoms with Gasteiger partial charge in [-0.2, -0.15) is 5.10 Å². The summed E-state index contributed by atoms with van der Waals surface area (Å²) in [7, 11) is 1.83. The highest BCUT2D eigenvalue weighted by Crippen LogP contribution is 2.22. The molecule has 0 unspecified atom stereocenters. The molecule has 2 aliphatic heterocycles. The van der Waals surface area contributed by atoms with Crippen LogP contribution < -0.4 is 0 Å². The van der Waals surface area contributed by atoms with Gasteiger partial charge in [-0.15, -0.1) is 6.58 Å². The molecule has 10 nitrogen and oxygen atoms in total. The van der Waals surface area contributed by atoms with Crippen molar-refractivity contribution >= 4 is 17.7 Å². The molecule has 0 spiro atoms. The van der Waals surface area contributed by atoms with E-state index in [-0.39, 0.29) is 43.3 Å². The van der Waals surface area contributed by atoms with E-state index in [2.05, 4.69) is 16.7 Å². The number of likely N-dealkylation sites (tertiary alicyclic amines) is 1. The fraction of sp³-hybridized carbons (Fsp3) is 0.458. The van der Waals surface area contributed by atoms with Crippen molar-refractivity contribution in [2.75, 3.05) is 32.7 Å². The lowest BCUT2D eigenvalue weighted by molar-refractivity contribution is -0.141. The predicted octanol–water partition coefficient (Wildman–Crippen LogP) is 0.606. The second-order valence-electron chi connectivity index (χ2n) is 8.80. The molecule has 2 atom stereocenters. The number of aromatic nitrogens is 3. The highest BCUT2D eigenvalue weighted by molar-refractivity contribution is 5.91. The zero-order valence-corrected chi connectivity index (χ0v) is 19.4. The fourth-order valence-electron chi connectivity index (χ4n) is 4.40. The Morgan fingerprint density at radius 1 is 1.18 bits per heavy atom. The van der Waals surface area contributed by atoms with E-state index in [4.69, 9.17) is 4.74 Å². The molecular formula is C24H30N6O4. The maximum Gasteiger partial charge on any atom is 0.242 e. The van der Waals surface area contributed by atoms with Crippen molar-refractivity contribution < 1.29 is 19.1 Å². The van der Waals surface area contributed by atoms with Gasteiger partial charge in [0.15, 0.2) is 0 Å². The van der Waals surface area contributed by atoms with Crippen LogP contribution in [0.2, 0.25) is 0 Å². The number of carbonyl (C=O) groups excluding carboxylic acids is 3. The van der Waals surface area contributed by atoms with Crippen LogP contribution in [0.3, 0.4) is 0 Å². The highest BCUT2D eigenvalue weighted by atomic mass is 16.5. The zero-order valence-electron chi connectivity index (χ0n) is 19.4. The minimum absolute atomic E-state index is 0.0437. The molecule has 0 saturated carbocycles. The van der Waals surface area contributed by atoms with Gasteiger partial charge in [-0.1, -0.05) is 12.1 Å². The van der Waals surface area contributed by atoms with Crippen molar-refractivity contribution in [1.82, 2.24) is 29.5 Å². The zero-order chi connectivity index (χ0) is 24.1. The van der Waals surface area contributed by atoms with Crippen molar-refractivity contribution in [3.63, 3.8) is 0 Å². The molecule has 2 aromatic heterocycles. The lowest BCUT2D eigenvalue weighted by atomic mass is 10.1. The largest absolute Gasteiger partial charge is 0.370 e. The van der Waals surface area contributed by atoms with Crippen LogP contribution in [0.4, 0.5) is 0 Å². The molecule has 4 rings (SSSR count). The third kappa shape index (κ3) is 5.69. The first-order chi connectivity index (χ1) is 16.4. The Bertz CT molecular complexity index is 1040. The van der Waals surface area contributed by atoms with Crippen molar-refractivity contribution in [2.24, 2.45) is 13.0 Å². The second kappa shape index (κ2) is 10.6. The van der Waals surface area contributed by atoms with Gasteiger partial charge >= 0.3 is 0 Å². The molecule has 0 radical (unpaired) electrons. The number of pyridine rings is 1. The maximum atomic E-state index is 13.4. The van der Waals surface area contributed by atoms with Gasteiger partial charge in [0.2, 0.25) is 17.7 Å². The number of nitrogens with zero attached hydrogens (tertiary/aromatic N) is 6. The fourth-order valence-corrected chi connectivity index (χ4v) is 4.40. The lowest BCUT2D eigenvalue weighted by Gasteiger charge is -2.26. The van der Waals surface area contributed by atoms with E-state index in [9.17, 15) is 14.4 Å². The van der Waals surface area contributed by atoms with Crippen LogP contribution in [0.25, 0.3) is 0 Å². The van der Waals surface area contributed by atoms with E-state index in [1.165, 1.54) is 0 Å². The number of hydrogen-bond donors (Lipinski definition) is 0. The SMILES string of the molecule is C=CCN1C[C@@H](C(=O)N2CC(=O)N(Cc3cnn(C)c3)C[C@@H](OCc3cccnc3)C2)CC1=O. The highest BCUT2D eigenvalue weighted by Gasteiger charge is 2.39. The molecular weight excluding hydrogens is 436 g/mol. The van der Waals surface area contributed by atoms with Crippen molar-refractivity contribution in [3.05, 3.63) is 60.7 Å². The van der Waals surface area contributed by atoms with E-state index < -0.39 is 5.92 Å². The topological polar surface area (TPSA) is 101 Å². The van der Waals surface area contributed by atoms with Gasteiger partial charge in [0, 0.05) is 70.3 Å². The van der Waals surface area contributed by atoms with E-state index in [1.54, 1.807) is 44.0 Å². The average Bonchev–Trinajstić information content (AvgIpc) is 3.36. The Balaban J connectivity index is 1.49. The Labute approximate surface area is 198 Å². The number of ether oxygens (including phenoxy) is 1. The maximum absolute atomic E-state index is 13.4. The van der Waals surface area contributed by atoms with Crippen LogP contribution in [0.1, 0.15) is 17.5 Å². The molecule has 34 heavy (non-hydrogen) atoms. The minimum Gasteiger partial charge on any atom is -0.370 e. The van der Waals surface area contributed by atoms with Crippen molar-refractivity contribution in [1.29, 1.82) is 0 Å². The molecule has 0 aromatic carbocycles. The summed E-state index contributed by atoms with van der Waals surface area (Å²) in [5.74, 6) is -0.880. The molecule has 2 aliphatic rings. The third-order valence-corrected chi connectivity index (χ3v) is 6.09. The quantitative estimate of drug-likeness (QED) is 0.529. The van der Waals surface area contributed by atoms with Crippen LogP contribution in [-0.2, 0) is 39.3 Å². The van der Waals surface area contributed by atoms with Crippen LogP contribution >= 0.6 is 0 Å². The number of hydrogen-bond acceptors (Lipinski definition) is 6. The minimum atomic E-state index is -0.468. The molecule has 0 aliphatic carbocycles. The third-order valence-electron chi connectivity index (χ3n) is 6.09. The van der Waals surface area contributed by atoms with Crippen LogP contribution in [0, 0.1) is 5.92 Å². The van der Waals surface area contributed by atoms with Gasteiger partial charge in [-0.25, -0.2) is 0 Å². The van der Waals surface area contributed by atoms with E-state index in [0.29, 0.717) is 32.8 Å². The first-order valence-electron chi connectivity index (χ1n) is 11.4. The van der Waals surface area contributed by atoms with E-state index >= 15 is 0 Å². The van der Waals surface area contributed by atoms with E-state index in [0.717, 1.165) is 11.1 Å². The van der Waals surface area contributed by atoms with Gasteiger partial charge in [0.1, 0.15) is 0 Å². The lowest BCUT2D eigenvalue weighted by Crippen LogP contribution is -2.43. The van der Waals surface area contributed by atoms with Crippen LogP contribution in [0.15, 0.2) is 49.6 Å². The van der Waals surface area contributed by atoms with Gasteiger partial charge in [0.25, 0.3) is 0 Å². The molecule has 0 bridgehead atoms. The Morgan fingerprint density at radius 3 is 2.74 bits per heavy atom. The van der Waals surface area contributed by atoms with Gasteiger partial charge in [0.05, 0.1) is 31.4 Å². The standard InChI is InChI=1S/C24H30N6O4/c1-3-7-28-13-20(8-22(28)31)24(33)30-15-21(34-17-18-5-4-6-25-9-18)14-29(23(32)16-30)12-19-10-26-27(2)11-19/h3-6,9-11,20-21H,1,7-8,12-17H2,2H3/t20-,21+/m0/s1. The molecule has 4 heterocycles. The Kier molecular flexibility index (Phi) is 7.36. The second-order valence-corrected chi connectivity index (χ2v) is 8.80. The number of aryl methyl sites for hydroxylation is 1. The smallest absolute Gasteiger partial charge is 0.242 e. The van der Waals surface area contributed by atoms with Gasteiger partial charge in [-0.3, -0.25) is 24.0 Å². The molecule has 2 fully saturated rings. The summed E-state index contributed by atoms with van der Waals surface area (Å²) in [6.07, 6.45) is 8.44. The van der Waals surface area contributed by atoms with Crippen LogP contribution in [0.5, 0.6) is 0 Å². The molecule has 180 valence electrons. The van der Waals surface area contributed by atoms with Crippen molar-refractivity contribution in [2.45, 2.75) is 25.7 Å². The van der Waals surface area contributed by atoms with Crippen molar-refractivity contribution in [3.8, 4) is 0 Å². The van der Waals surface area contributed by atoms with Gasteiger partial charge < -0.3 is 19.4 Å². The first-order valence-corrected chi connectivity index (χ1v) is 11.4. The monoisotopic (exact) mass is 466 g/mol. The number of carbonyl (C=O) groups is 3. The molecule has 2 aromatic rings. The molecule has 0 N–H and O–H groups in total.